The Morgan fingerprint density at radius 3 is 2.44 bits per heavy atom. The Kier molecular flexibility index (Phi) is 8.57. The Bertz CT molecular complexity index is 243. The van der Waals surface area contributed by atoms with E-state index in [9.17, 15) is 4.79 Å². The number of carbonyl (C=O) groups excluding carboxylic acids is 1. The number of nitrogens with zero attached hydrogens (tertiary/aromatic N) is 1. The van der Waals surface area contributed by atoms with Gasteiger partial charge in [-0.05, 0) is 24.8 Å². The van der Waals surface area contributed by atoms with Crippen LogP contribution in [0.25, 0.3) is 0 Å². The summed E-state index contributed by atoms with van der Waals surface area (Å²) in [5.41, 5.74) is 5.96. The van der Waals surface area contributed by atoms with Gasteiger partial charge in [0, 0.05) is 27.1 Å². The van der Waals surface area contributed by atoms with E-state index in [4.69, 9.17) is 10.5 Å². The summed E-state index contributed by atoms with van der Waals surface area (Å²) in [6.07, 6.45) is 6.53. The normalized spacial score (nSPS) is 17.9. The number of methoxy groups -OCH3 is 1. The van der Waals surface area contributed by atoms with Crippen LogP contribution in [0.4, 0.5) is 0 Å². The first-order chi connectivity index (χ1) is 8.13. The molecule has 0 aromatic rings. The highest BCUT2D eigenvalue weighted by molar-refractivity contribution is 5.85. The molecule has 0 saturated heterocycles. The maximum Gasteiger partial charge on any atom is 0.222 e. The van der Waals surface area contributed by atoms with E-state index in [1.165, 1.54) is 19.3 Å². The Hall–Kier alpha value is -0.320. The van der Waals surface area contributed by atoms with E-state index in [0.29, 0.717) is 26.1 Å². The molecule has 0 aromatic heterocycles. The molecular weight excluding hydrogens is 252 g/mol. The minimum absolute atomic E-state index is 0. The molecule has 0 aliphatic heterocycles. The van der Waals surface area contributed by atoms with Gasteiger partial charge in [-0.1, -0.05) is 19.3 Å². The van der Waals surface area contributed by atoms with Gasteiger partial charge in [0.1, 0.15) is 0 Å². The van der Waals surface area contributed by atoms with Gasteiger partial charge in [-0.25, -0.2) is 0 Å². The molecule has 1 aliphatic carbocycles. The van der Waals surface area contributed by atoms with E-state index in [1.807, 2.05) is 7.05 Å². The number of ether oxygens (including phenoxy) is 1. The van der Waals surface area contributed by atoms with Crippen LogP contribution in [0.3, 0.4) is 0 Å². The molecule has 0 heterocycles. The number of likely N-dealkylation sites (N-methyl/N-ethyl adjacent to an activating group) is 1. The highest BCUT2D eigenvalue weighted by Gasteiger charge is 2.33. The molecule has 108 valence electrons. The zero-order valence-corrected chi connectivity index (χ0v) is 12.4. The lowest BCUT2D eigenvalue weighted by atomic mass is 9.71. The molecule has 4 nitrogen and oxygen atoms in total. The fraction of sp³-hybridized carbons (Fsp3) is 0.923. The van der Waals surface area contributed by atoms with Crippen LogP contribution in [-0.2, 0) is 9.53 Å². The molecule has 2 N–H and O–H groups in total. The quantitative estimate of drug-likeness (QED) is 0.806. The first-order valence-corrected chi connectivity index (χ1v) is 6.56. The number of halogens is 1. The van der Waals surface area contributed by atoms with Gasteiger partial charge in [-0.3, -0.25) is 4.79 Å². The van der Waals surface area contributed by atoms with Crippen LogP contribution in [0, 0.1) is 5.41 Å². The molecule has 0 unspecified atom stereocenters. The first kappa shape index (κ1) is 17.7. The van der Waals surface area contributed by atoms with Crippen LogP contribution < -0.4 is 5.73 Å². The van der Waals surface area contributed by atoms with Crippen molar-refractivity contribution in [2.75, 3.05) is 33.9 Å². The summed E-state index contributed by atoms with van der Waals surface area (Å²) < 4.78 is 4.99. The molecule has 0 atom stereocenters. The zero-order valence-electron chi connectivity index (χ0n) is 11.6. The maximum absolute atomic E-state index is 12.1. The SMILES string of the molecule is COCCN(C)C(=O)CC1(CN)CCCCC1.Cl. The fourth-order valence-corrected chi connectivity index (χ4v) is 2.56. The van der Waals surface area contributed by atoms with Crippen molar-refractivity contribution in [1.29, 1.82) is 0 Å². The number of amides is 1. The van der Waals surface area contributed by atoms with Crippen molar-refractivity contribution in [3.8, 4) is 0 Å². The average Bonchev–Trinajstić information content (AvgIpc) is 2.36. The van der Waals surface area contributed by atoms with E-state index in [0.717, 1.165) is 12.8 Å². The van der Waals surface area contributed by atoms with Crippen molar-refractivity contribution in [3.63, 3.8) is 0 Å². The van der Waals surface area contributed by atoms with Crippen molar-refractivity contribution in [2.45, 2.75) is 38.5 Å². The maximum atomic E-state index is 12.1. The summed E-state index contributed by atoms with van der Waals surface area (Å²) >= 11 is 0. The van der Waals surface area contributed by atoms with E-state index < -0.39 is 0 Å². The average molecular weight is 279 g/mol. The smallest absolute Gasteiger partial charge is 0.222 e. The minimum atomic E-state index is 0. The van der Waals surface area contributed by atoms with Crippen molar-refractivity contribution in [2.24, 2.45) is 11.1 Å². The molecule has 18 heavy (non-hydrogen) atoms. The molecule has 0 bridgehead atoms. The van der Waals surface area contributed by atoms with Gasteiger partial charge in [-0.2, -0.15) is 0 Å². The van der Waals surface area contributed by atoms with E-state index >= 15 is 0 Å². The third-order valence-corrected chi connectivity index (χ3v) is 3.93. The second-order valence-corrected chi connectivity index (χ2v) is 5.25. The molecular formula is C13H27ClN2O2. The predicted octanol–water partition coefficient (Wildman–Crippen LogP) is 1.81. The number of nitrogens with two attached hydrogens (primary N) is 1. The van der Waals surface area contributed by atoms with Crippen LogP contribution in [0.1, 0.15) is 38.5 Å². The molecule has 0 aromatic carbocycles. The molecule has 5 heteroatoms. The van der Waals surface area contributed by atoms with Crippen LogP contribution in [0.2, 0.25) is 0 Å². The van der Waals surface area contributed by atoms with Crippen molar-refractivity contribution < 1.29 is 9.53 Å². The Morgan fingerprint density at radius 2 is 1.94 bits per heavy atom. The van der Waals surface area contributed by atoms with Crippen LogP contribution in [0.15, 0.2) is 0 Å². The van der Waals surface area contributed by atoms with Gasteiger partial charge in [0.15, 0.2) is 0 Å². The summed E-state index contributed by atoms with van der Waals surface area (Å²) in [5.74, 6) is 0.203. The highest BCUT2D eigenvalue weighted by Crippen LogP contribution is 2.38. The number of rotatable bonds is 6. The zero-order chi connectivity index (χ0) is 12.7. The first-order valence-electron chi connectivity index (χ1n) is 6.56. The minimum Gasteiger partial charge on any atom is -0.383 e. The monoisotopic (exact) mass is 278 g/mol. The fourth-order valence-electron chi connectivity index (χ4n) is 2.56. The van der Waals surface area contributed by atoms with Gasteiger partial charge < -0.3 is 15.4 Å². The summed E-state index contributed by atoms with van der Waals surface area (Å²) in [5, 5.41) is 0. The molecule has 1 saturated carbocycles. The van der Waals surface area contributed by atoms with E-state index in [2.05, 4.69) is 0 Å². The molecule has 0 radical (unpaired) electrons. The number of hydrogen-bond donors (Lipinski definition) is 1. The Morgan fingerprint density at radius 1 is 1.33 bits per heavy atom. The van der Waals surface area contributed by atoms with Gasteiger partial charge >= 0.3 is 0 Å². The Labute approximate surface area is 117 Å². The third-order valence-electron chi connectivity index (χ3n) is 3.93. The highest BCUT2D eigenvalue weighted by atomic mass is 35.5. The summed E-state index contributed by atoms with van der Waals surface area (Å²) in [6, 6.07) is 0. The van der Waals surface area contributed by atoms with Crippen LogP contribution >= 0.6 is 12.4 Å². The predicted molar refractivity (Wildman–Crippen MR) is 76.0 cm³/mol. The van der Waals surface area contributed by atoms with Gasteiger partial charge in [0.2, 0.25) is 5.91 Å². The van der Waals surface area contributed by atoms with Crippen LogP contribution in [-0.4, -0.2) is 44.7 Å². The van der Waals surface area contributed by atoms with Gasteiger partial charge in [0.05, 0.1) is 6.61 Å². The molecule has 0 spiro atoms. The van der Waals surface area contributed by atoms with E-state index in [1.54, 1.807) is 12.0 Å². The lowest BCUT2D eigenvalue weighted by Crippen LogP contribution is -2.40. The second kappa shape index (κ2) is 8.73. The molecule has 1 fully saturated rings. The van der Waals surface area contributed by atoms with Crippen molar-refractivity contribution in [1.82, 2.24) is 4.90 Å². The van der Waals surface area contributed by atoms with E-state index in [-0.39, 0.29) is 23.7 Å². The summed E-state index contributed by atoms with van der Waals surface area (Å²) in [6.45, 7) is 1.89. The topological polar surface area (TPSA) is 55.6 Å². The van der Waals surface area contributed by atoms with Crippen molar-refractivity contribution >= 4 is 18.3 Å². The number of carbonyl (C=O) groups is 1. The van der Waals surface area contributed by atoms with Crippen LogP contribution in [0.5, 0.6) is 0 Å². The molecule has 1 aliphatic rings. The second-order valence-electron chi connectivity index (χ2n) is 5.25. The standard InChI is InChI=1S/C13H26N2O2.ClH/c1-15(8-9-17-2)12(16)10-13(11-14)6-4-3-5-7-13;/h3-11,14H2,1-2H3;1H. The van der Waals surface area contributed by atoms with Gasteiger partial charge in [-0.15, -0.1) is 12.4 Å². The lowest BCUT2D eigenvalue weighted by molar-refractivity contribution is -0.133. The third kappa shape index (κ3) is 5.12. The summed E-state index contributed by atoms with van der Waals surface area (Å²) in [4.78, 5) is 13.9. The summed E-state index contributed by atoms with van der Waals surface area (Å²) in [7, 11) is 3.50. The number of hydrogen-bond acceptors (Lipinski definition) is 3. The lowest BCUT2D eigenvalue weighted by Gasteiger charge is -2.36. The Balaban J connectivity index is 0.00000289. The molecule has 1 amide bonds. The van der Waals surface area contributed by atoms with Gasteiger partial charge in [0.25, 0.3) is 0 Å². The van der Waals surface area contributed by atoms with Crippen molar-refractivity contribution in [3.05, 3.63) is 0 Å². The largest absolute Gasteiger partial charge is 0.383 e. The molecule has 1 rings (SSSR count).